The summed E-state index contributed by atoms with van der Waals surface area (Å²) in [6.45, 7) is 6.02. The average Bonchev–Trinajstić information content (AvgIpc) is 2.65. The zero-order chi connectivity index (χ0) is 11.3. The van der Waals surface area contributed by atoms with Gasteiger partial charge in [0, 0.05) is 17.6 Å². The van der Waals surface area contributed by atoms with Crippen LogP contribution in [-0.2, 0) is 9.53 Å². The lowest BCUT2D eigenvalue weighted by molar-refractivity contribution is -0.143. The highest BCUT2D eigenvalue weighted by atomic mass is 32.1. The second-order valence-corrected chi connectivity index (χ2v) is 3.87. The minimum Gasteiger partial charge on any atom is -0.468 e. The Morgan fingerprint density at radius 3 is 3.07 bits per heavy atom. The number of carbonyl (C=O) groups is 1. The normalized spacial score (nSPS) is 12.1. The van der Waals surface area contributed by atoms with E-state index in [9.17, 15) is 4.79 Å². The lowest BCUT2D eigenvalue weighted by atomic mass is 10.3. The molecule has 0 bridgehead atoms. The molecule has 4 nitrogen and oxygen atoms in total. The third-order valence-corrected chi connectivity index (χ3v) is 2.81. The van der Waals surface area contributed by atoms with Gasteiger partial charge in [-0.1, -0.05) is 6.08 Å². The number of thiazole rings is 1. The number of nitrogens with zero attached hydrogens (tertiary/aromatic N) is 1. The number of aryl methyl sites for hydroxylation is 1. The predicted molar refractivity (Wildman–Crippen MR) is 59.8 cm³/mol. The molecule has 0 amide bonds. The van der Waals surface area contributed by atoms with Crippen LogP contribution in [0.2, 0.25) is 0 Å². The summed E-state index contributed by atoms with van der Waals surface area (Å²) in [6, 6.07) is -0.494. The van der Waals surface area contributed by atoms with Crippen LogP contribution in [0.4, 0.5) is 0 Å². The maximum Gasteiger partial charge on any atom is 0.330 e. The summed E-state index contributed by atoms with van der Waals surface area (Å²) < 4.78 is 4.70. The zero-order valence-electron chi connectivity index (χ0n) is 8.82. The third kappa shape index (κ3) is 3.14. The van der Waals surface area contributed by atoms with E-state index in [0.29, 0.717) is 6.54 Å². The Morgan fingerprint density at radius 2 is 2.60 bits per heavy atom. The lowest BCUT2D eigenvalue weighted by Crippen LogP contribution is -2.29. The van der Waals surface area contributed by atoms with Crippen molar-refractivity contribution in [2.24, 2.45) is 0 Å². The van der Waals surface area contributed by atoms with Crippen molar-refractivity contribution in [3.8, 4) is 0 Å². The molecule has 15 heavy (non-hydrogen) atoms. The molecule has 1 atom stereocenters. The monoisotopic (exact) mass is 226 g/mol. The maximum atomic E-state index is 11.5. The maximum absolute atomic E-state index is 11.5. The molecule has 0 radical (unpaired) electrons. The summed E-state index contributed by atoms with van der Waals surface area (Å²) in [5, 5.41) is 5.63. The van der Waals surface area contributed by atoms with E-state index in [-0.39, 0.29) is 5.97 Å². The lowest BCUT2D eigenvalue weighted by Gasteiger charge is -2.12. The highest BCUT2D eigenvalue weighted by Gasteiger charge is 2.23. The van der Waals surface area contributed by atoms with Crippen LogP contribution >= 0.6 is 11.3 Å². The SMILES string of the molecule is C=CCNC(C(=O)OC)c1nc(C)cs1. The number of carbonyl (C=O) groups excluding carboxylic acids is 1. The van der Waals surface area contributed by atoms with Gasteiger partial charge in [0.1, 0.15) is 5.01 Å². The van der Waals surface area contributed by atoms with Crippen molar-refractivity contribution in [1.29, 1.82) is 0 Å². The van der Waals surface area contributed by atoms with Gasteiger partial charge in [-0.15, -0.1) is 17.9 Å². The summed E-state index contributed by atoms with van der Waals surface area (Å²) in [5.41, 5.74) is 0.907. The van der Waals surface area contributed by atoms with Gasteiger partial charge in [-0.05, 0) is 6.92 Å². The van der Waals surface area contributed by atoms with Crippen molar-refractivity contribution >= 4 is 17.3 Å². The van der Waals surface area contributed by atoms with E-state index in [2.05, 4.69) is 16.9 Å². The van der Waals surface area contributed by atoms with E-state index in [1.807, 2.05) is 12.3 Å². The number of hydrogen-bond donors (Lipinski definition) is 1. The van der Waals surface area contributed by atoms with E-state index in [1.165, 1.54) is 18.4 Å². The van der Waals surface area contributed by atoms with Gasteiger partial charge in [-0.2, -0.15) is 0 Å². The molecule has 0 saturated carbocycles. The number of aromatic nitrogens is 1. The van der Waals surface area contributed by atoms with E-state index in [1.54, 1.807) is 6.08 Å². The molecule has 0 saturated heterocycles. The Labute approximate surface area is 93.0 Å². The molecule has 1 unspecified atom stereocenters. The van der Waals surface area contributed by atoms with Crippen LogP contribution in [0.5, 0.6) is 0 Å². The quantitative estimate of drug-likeness (QED) is 0.609. The Morgan fingerprint density at radius 1 is 1.87 bits per heavy atom. The van der Waals surface area contributed by atoms with Gasteiger partial charge < -0.3 is 4.74 Å². The number of ether oxygens (including phenoxy) is 1. The number of hydrogen-bond acceptors (Lipinski definition) is 5. The first kappa shape index (κ1) is 11.9. The van der Waals surface area contributed by atoms with Gasteiger partial charge in [0.05, 0.1) is 7.11 Å². The van der Waals surface area contributed by atoms with Crippen LogP contribution in [0.3, 0.4) is 0 Å². The van der Waals surface area contributed by atoms with Gasteiger partial charge >= 0.3 is 5.97 Å². The Bertz CT molecular complexity index is 349. The number of rotatable bonds is 5. The van der Waals surface area contributed by atoms with Gasteiger partial charge in [-0.25, -0.2) is 9.78 Å². The van der Waals surface area contributed by atoms with Gasteiger partial charge in [0.2, 0.25) is 0 Å². The van der Waals surface area contributed by atoms with Crippen LogP contribution in [0.15, 0.2) is 18.0 Å². The highest BCUT2D eigenvalue weighted by Crippen LogP contribution is 2.19. The first-order valence-electron chi connectivity index (χ1n) is 4.53. The standard InChI is InChI=1S/C10H14N2O2S/c1-4-5-11-8(10(13)14-3)9-12-7(2)6-15-9/h4,6,8,11H,1,5H2,2-3H3. The first-order valence-corrected chi connectivity index (χ1v) is 5.41. The first-order chi connectivity index (χ1) is 7.19. The fraction of sp³-hybridized carbons (Fsp3) is 0.400. The van der Waals surface area contributed by atoms with Crippen LogP contribution < -0.4 is 5.32 Å². The molecule has 1 aromatic rings. The molecule has 5 heteroatoms. The molecule has 1 rings (SSSR count). The van der Waals surface area contributed by atoms with E-state index < -0.39 is 6.04 Å². The van der Waals surface area contributed by atoms with E-state index in [0.717, 1.165) is 10.7 Å². The number of nitrogens with one attached hydrogen (secondary N) is 1. The molecule has 0 aliphatic carbocycles. The Hall–Kier alpha value is -1.20. The van der Waals surface area contributed by atoms with E-state index in [4.69, 9.17) is 4.74 Å². The molecule has 0 spiro atoms. The number of esters is 1. The second kappa shape index (κ2) is 5.63. The van der Waals surface area contributed by atoms with Crippen molar-refractivity contribution in [2.75, 3.05) is 13.7 Å². The van der Waals surface area contributed by atoms with Gasteiger partial charge in [0.25, 0.3) is 0 Å². The largest absolute Gasteiger partial charge is 0.468 e. The molecule has 1 heterocycles. The zero-order valence-corrected chi connectivity index (χ0v) is 9.63. The molecule has 0 fully saturated rings. The van der Waals surface area contributed by atoms with Crippen LogP contribution in [0.1, 0.15) is 16.7 Å². The summed E-state index contributed by atoms with van der Waals surface area (Å²) >= 11 is 1.44. The fourth-order valence-corrected chi connectivity index (χ4v) is 1.95. The summed E-state index contributed by atoms with van der Waals surface area (Å²) in [5.74, 6) is -0.328. The summed E-state index contributed by atoms with van der Waals surface area (Å²) in [7, 11) is 1.37. The Kier molecular flexibility index (Phi) is 4.45. The van der Waals surface area contributed by atoms with Crippen molar-refractivity contribution in [3.05, 3.63) is 28.7 Å². The molecule has 82 valence electrons. The van der Waals surface area contributed by atoms with Crippen LogP contribution in [-0.4, -0.2) is 24.6 Å². The molecule has 1 aromatic heterocycles. The second-order valence-electron chi connectivity index (χ2n) is 2.98. The predicted octanol–water partition coefficient (Wildman–Crippen LogP) is 1.44. The number of methoxy groups -OCH3 is 1. The van der Waals surface area contributed by atoms with Crippen LogP contribution in [0, 0.1) is 6.92 Å². The van der Waals surface area contributed by atoms with Gasteiger partial charge in [0.15, 0.2) is 6.04 Å². The minimum absolute atomic E-state index is 0.328. The van der Waals surface area contributed by atoms with Crippen molar-refractivity contribution in [1.82, 2.24) is 10.3 Å². The molecule has 1 N–H and O–H groups in total. The Balaban J connectivity index is 2.80. The van der Waals surface area contributed by atoms with Crippen molar-refractivity contribution in [3.63, 3.8) is 0 Å². The molecule has 0 aromatic carbocycles. The minimum atomic E-state index is -0.494. The molecular weight excluding hydrogens is 212 g/mol. The third-order valence-electron chi connectivity index (χ3n) is 1.79. The summed E-state index contributed by atoms with van der Waals surface area (Å²) in [4.78, 5) is 15.7. The van der Waals surface area contributed by atoms with Crippen molar-refractivity contribution < 1.29 is 9.53 Å². The summed E-state index contributed by atoms with van der Waals surface area (Å²) in [6.07, 6.45) is 1.69. The smallest absolute Gasteiger partial charge is 0.330 e. The molecule has 0 aliphatic rings. The average molecular weight is 226 g/mol. The van der Waals surface area contributed by atoms with Crippen molar-refractivity contribution in [2.45, 2.75) is 13.0 Å². The van der Waals surface area contributed by atoms with Crippen LogP contribution in [0.25, 0.3) is 0 Å². The molecule has 0 aliphatic heterocycles. The molecular formula is C10H14N2O2S. The highest BCUT2D eigenvalue weighted by molar-refractivity contribution is 7.09. The fourth-order valence-electron chi connectivity index (χ4n) is 1.10. The van der Waals surface area contributed by atoms with E-state index >= 15 is 0 Å². The topological polar surface area (TPSA) is 51.2 Å². The van der Waals surface area contributed by atoms with Gasteiger partial charge in [-0.3, -0.25) is 5.32 Å².